The molecule has 2 aromatic carbocycles. The van der Waals surface area contributed by atoms with Crippen LogP contribution in [0.1, 0.15) is 33.5 Å². The van der Waals surface area contributed by atoms with Crippen LogP contribution in [0.5, 0.6) is 0 Å². The van der Waals surface area contributed by atoms with Gasteiger partial charge >= 0.3 is 0 Å². The van der Waals surface area contributed by atoms with Crippen LogP contribution >= 0.6 is 0 Å². The predicted molar refractivity (Wildman–Crippen MR) is 82.4 cm³/mol. The van der Waals surface area contributed by atoms with Crippen molar-refractivity contribution in [2.45, 2.75) is 19.3 Å². The summed E-state index contributed by atoms with van der Waals surface area (Å²) in [6, 6.07) is 15.2. The van der Waals surface area contributed by atoms with E-state index in [9.17, 15) is 4.79 Å². The molecule has 0 unspecified atom stereocenters. The number of fused-ring (bicyclic) bond motifs is 1. The minimum atomic E-state index is -0.0419. The van der Waals surface area contributed by atoms with E-state index in [2.05, 4.69) is 12.1 Å². The molecule has 3 heteroatoms. The maximum atomic E-state index is 12.6. The number of benzene rings is 2. The summed E-state index contributed by atoms with van der Waals surface area (Å²) >= 11 is 0. The molecule has 0 spiro atoms. The summed E-state index contributed by atoms with van der Waals surface area (Å²) in [6.45, 7) is 0. The average molecular weight is 276 g/mol. The van der Waals surface area contributed by atoms with E-state index in [1.807, 2.05) is 18.2 Å². The third kappa shape index (κ3) is 2.53. The molecule has 0 bridgehead atoms. The molecule has 21 heavy (non-hydrogen) atoms. The highest BCUT2D eigenvalue weighted by molar-refractivity contribution is 6.06. The summed E-state index contributed by atoms with van der Waals surface area (Å²) in [5, 5.41) is 8.95. The van der Waals surface area contributed by atoms with Crippen LogP contribution in [0.15, 0.2) is 42.5 Å². The highest BCUT2D eigenvalue weighted by atomic mass is 16.2. The van der Waals surface area contributed by atoms with E-state index in [1.165, 1.54) is 17.5 Å². The number of aryl methyl sites for hydroxylation is 2. The second kappa shape index (κ2) is 5.41. The van der Waals surface area contributed by atoms with Gasteiger partial charge in [0.15, 0.2) is 0 Å². The van der Waals surface area contributed by atoms with Crippen molar-refractivity contribution in [2.75, 3.05) is 11.9 Å². The van der Waals surface area contributed by atoms with Crippen molar-refractivity contribution in [1.29, 1.82) is 5.26 Å². The highest BCUT2D eigenvalue weighted by Gasteiger charge is 2.17. The molecule has 1 aliphatic carbocycles. The molecule has 1 amide bonds. The van der Waals surface area contributed by atoms with Gasteiger partial charge in [0.25, 0.3) is 5.91 Å². The number of hydrogen-bond donors (Lipinski definition) is 0. The van der Waals surface area contributed by atoms with Gasteiger partial charge in [0.1, 0.15) is 0 Å². The Morgan fingerprint density at radius 2 is 1.95 bits per heavy atom. The van der Waals surface area contributed by atoms with E-state index in [0.29, 0.717) is 11.1 Å². The first-order valence-electron chi connectivity index (χ1n) is 7.09. The molecule has 0 radical (unpaired) electrons. The van der Waals surface area contributed by atoms with Crippen LogP contribution in [0, 0.1) is 11.3 Å². The van der Waals surface area contributed by atoms with E-state index in [0.717, 1.165) is 18.5 Å². The van der Waals surface area contributed by atoms with E-state index in [1.54, 1.807) is 30.1 Å². The van der Waals surface area contributed by atoms with E-state index < -0.39 is 0 Å². The monoisotopic (exact) mass is 276 g/mol. The van der Waals surface area contributed by atoms with Gasteiger partial charge in [0, 0.05) is 18.3 Å². The van der Waals surface area contributed by atoms with Crippen LogP contribution in [-0.4, -0.2) is 13.0 Å². The first-order chi connectivity index (χ1) is 10.2. The Labute approximate surface area is 124 Å². The van der Waals surface area contributed by atoms with Gasteiger partial charge in [-0.15, -0.1) is 0 Å². The van der Waals surface area contributed by atoms with Crippen LogP contribution < -0.4 is 4.90 Å². The minimum absolute atomic E-state index is 0.0419. The number of amides is 1. The Morgan fingerprint density at radius 3 is 2.76 bits per heavy atom. The van der Waals surface area contributed by atoms with Crippen molar-refractivity contribution >= 4 is 11.6 Å². The Bertz CT molecular complexity index is 743. The first kappa shape index (κ1) is 13.4. The number of carbonyl (C=O) groups excluding carboxylic acids is 1. The lowest BCUT2D eigenvalue weighted by atomic mass is 10.1. The van der Waals surface area contributed by atoms with Gasteiger partial charge in [0.2, 0.25) is 0 Å². The molecule has 2 aromatic rings. The molecule has 0 N–H and O–H groups in total. The highest BCUT2D eigenvalue weighted by Crippen LogP contribution is 2.24. The van der Waals surface area contributed by atoms with Gasteiger partial charge in [-0.25, -0.2) is 0 Å². The molecular weight excluding hydrogens is 260 g/mol. The fraction of sp³-hybridized carbons (Fsp3) is 0.222. The standard InChI is InChI=1S/C18H16N2O/c1-20(17-7-2-4-13(10-17)12-19)18(21)16-9-8-14-5-3-6-15(14)11-16/h2,4,7-11H,3,5-6H2,1H3. The van der Waals surface area contributed by atoms with Gasteiger partial charge in [0.05, 0.1) is 11.6 Å². The SMILES string of the molecule is CN(C(=O)c1ccc2c(c1)CCC2)c1cccc(C#N)c1. The Morgan fingerprint density at radius 1 is 1.14 bits per heavy atom. The lowest BCUT2D eigenvalue weighted by Gasteiger charge is -2.18. The van der Waals surface area contributed by atoms with Gasteiger partial charge < -0.3 is 4.90 Å². The molecule has 0 saturated heterocycles. The predicted octanol–water partition coefficient (Wildman–Crippen LogP) is 3.32. The molecule has 3 nitrogen and oxygen atoms in total. The summed E-state index contributed by atoms with van der Waals surface area (Å²) in [5.41, 5.74) is 4.65. The number of hydrogen-bond acceptors (Lipinski definition) is 2. The van der Waals surface area contributed by atoms with Gasteiger partial charge in [-0.3, -0.25) is 4.79 Å². The maximum Gasteiger partial charge on any atom is 0.258 e. The molecule has 104 valence electrons. The number of nitriles is 1. The zero-order chi connectivity index (χ0) is 14.8. The number of carbonyl (C=O) groups is 1. The lowest BCUT2D eigenvalue weighted by molar-refractivity contribution is 0.0993. The molecule has 1 aliphatic rings. The Balaban J connectivity index is 1.89. The Kier molecular flexibility index (Phi) is 3.45. The topological polar surface area (TPSA) is 44.1 Å². The van der Waals surface area contributed by atoms with Crippen LogP contribution in [0.25, 0.3) is 0 Å². The van der Waals surface area contributed by atoms with E-state index in [-0.39, 0.29) is 5.91 Å². The number of anilines is 1. The zero-order valence-corrected chi connectivity index (χ0v) is 12.0. The van der Waals surface area contributed by atoms with Crippen molar-refractivity contribution in [3.8, 4) is 6.07 Å². The maximum absolute atomic E-state index is 12.6. The van der Waals surface area contributed by atoms with Gasteiger partial charge in [-0.05, 0) is 60.7 Å². The van der Waals surface area contributed by atoms with E-state index >= 15 is 0 Å². The fourth-order valence-corrected chi connectivity index (χ4v) is 2.80. The zero-order valence-electron chi connectivity index (χ0n) is 12.0. The van der Waals surface area contributed by atoms with Crippen molar-refractivity contribution in [1.82, 2.24) is 0 Å². The summed E-state index contributed by atoms with van der Waals surface area (Å²) in [5.74, 6) is -0.0419. The van der Waals surface area contributed by atoms with Gasteiger partial charge in [-0.2, -0.15) is 5.26 Å². The summed E-state index contributed by atoms with van der Waals surface area (Å²) < 4.78 is 0. The average Bonchev–Trinajstić information content (AvgIpc) is 3.01. The van der Waals surface area contributed by atoms with Crippen molar-refractivity contribution in [2.24, 2.45) is 0 Å². The lowest BCUT2D eigenvalue weighted by Crippen LogP contribution is -2.26. The molecular formula is C18H16N2O. The molecule has 0 fully saturated rings. The molecule has 0 aromatic heterocycles. The summed E-state index contributed by atoms with van der Waals surface area (Å²) in [6.07, 6.45) is 3.35. The summed E-state index contributed by atoms with van der Waals surface area (Å²) in [7, 11) is 1.74. The second-order valence-corrected chi connectivity index (χ2v) is 5.36. The smallest absolute Gasteiger partial charge is 0.258 e. The van der Waals surface area contributed by atoms with Crippen molar-refractivity contribution in [3.05, 3.63) is 64.7 Å². The third-order valence-corrected chi connectivity index (χ3v) is 4.01. The van der Waals surface area contributed by atoms with Crippen LogP contribution in [-0.2, 0) is 12.8 Å². The normalized spacial score (nSPS) is 12.6. The second-order valence-electron chi connectivity index (χ2n) is 5.36. The number of nitrogens with zero attached hydrogens (tertiary/aromatic N) is 2. The quantitative estimate of drug-likeness (QED) is 0.844. The minimum Gasteiger partial charge on any atom is -0.311 e. The van der Waals surface area contributed by atoms with Crippen LogP contribution in [0.2, 0.25) is 0 Å². The largest absolute Gasteiger partial charge is 0.311 e. The van der Waals surface area contributed by atoms with Crippen LogP contribution in [0.3, 0.4) is 0 Å². The van der Waals surface area contributed by atoms with Gasteiger partial charge in [-0.1, -0.05) is 12.1 Å². The van der Waals surface area contributed by atoms with E-state index in [4.69, 9.17) is 5.26 Å². The van der Waals surface area contributed by atoms with Crippen LogP contribution in [0.4, 0.5) is 5.69 Å². The fourth-order valence-electron chi connectivity index (χ4n) is 2.80. The third-order valence-electron chi connectivity index (χ3n) is 4.01. The molecule has 0 aliphatic heterocycles. The summed E-state index contributed by atoms with van der Waals surface area (Å²) in [4.78, 5) is 14.2. The van der Waals surface area contributed by atoms with Crippen molar-refractivity contribution < 1.29 is 4.79 Å². The molecule has 0 atom stereocenters. The molecule has 3 rings (SSSR count). The Hall–Kier alpha value is -2.60. The number of rotatable bonds is 2. The molecule has 0 saturated carbocycles. The van der Waals surface area contributed by atoms with Crippen molar-refractivity contribution in [3.63, 3.8) is 0 Å². The molecule has 0 heterocycles. The first-order valence-corrected chi connectivity index (χ1v) is 7.09.